The van der Waals surface area contributed by atoms with E-state index in [0.29, 0.717) is 28.5 Å². The quantitative estimate of drug-likeness (QED) is 0.625. The second-order valence-corrected chi connectivity index (χ2v) is 3.99. The van der Waals surface area contributed by atoms with Gasteiger partial charge in [-0.25, -0.2) is 4.98 Å². The van der Waals surface area contributed by atoms with Gasteiger partial charge in [0, 0.05) is 11.9 Å². The number of thioether (sulfide) groups is 1. The molecule has 84 valence electrons. The summed E-state index contributed by atoms with van der Waals surface area (Å²) >= 11 is 1.36. The van der Waals surface area contributed by atoms with Gasteiger partial charge in [0.15, 0.2) is 0 Å². The highest BCUT2D eigenvalue weighted by Crippen LogP contribution is 2.23. The maximum atomic E-state index is 10.9. The normalized spacial score (nSPS) is 9.50. The van der Waals surface area contributed by atoms with Crippen LogP contribution in [0.1, 0.15) is 12.0 Å². The van der Waals surface area contributed by atoms with Crippen molar-refractivity contribution in [2.45, 2.75) is 11.4 Å². The van der Waals surface area contributed by atoms with Crippen LogP contribution in [0.15, 0.2) is 17.3 Å². The summed E-state index contributed by atoms with van der Waals surface area (Å²) in [6, 6.07) is 3.52. The molecule has 0 saturated heterocycles. The van der Waals surface area contributed by atoms with Gasteiger partial charge >= 0.3 is 5.97 Å². The fourth-order valence-electron chi connectivity index (χ4n) is 0.984. The number of esters is 1. The third-order valence-electron chi connectivity index (χ3n) is 1.78. The van der Waals surface area contributed by atoms with E-state index >= 15 is 0 Å². The zero-order valence-electron chi connectivity index (χ0n) is 8.77. The lowest BCUT2D eigenvalue weighted by Gasteiger charge is -2.03. The molecule has 0 radical (unpaired) electrons. The van der Waals surface area contributed by atoms with Crippen LogP contribution in [0.25, 0.3) is 0 Å². The second-order valence-electron chi connectivity index (χ2n) is 2.90. The number of nitriles is 1. The highest BCUT2D eigenvalue weighted by molar-refractivity contribution is 7.99. The summed E-state index contributed by atoms with van der Waals surface area (Å²) < 4.78 is 4.51. The number of nitrogens with two attached hydrogens (primary N) is 1. The van der Waals surface area contributed by atoms with Gasteiger partial charge in [-0.15, -0.1) is 11.8 Å². The molecular weight excluding hydrogens is 226 g/mol. The van der Waals surface area contributed by atoms with Crippen LogP contribution in [0.5, 0.6) is 0 Å². The molecule has 0 saturated carbocycles. The van der Waals surface area contributed by atoms with E-state index in [1.165, 1.54) is 25.1 Å². The Bertz CT molecular complexity index is 429. The lowest BCUT2D eigenvalue weighted by Crippen LogP contribution is -2.02. The Kier molecular flexibility index (Phi) is 4.61. The third-order valence-corrected chi connectivity index (χ3v) is 2.80. The minimum atomic E-state index is -0.264. The van der Waals surface area contributed by atoms with Crippen molar-refractivity contribution in [3.8, 4) is 6.07 Å². The Balaban J connectivity index is 2.55. The van der Waals surface area contributed by atoms with Crippen LogP contribution >= 0.6 is 11.8 Å². The predicted molar refractivity (Wildman–Crippen MR) is 60.7 cm³/mol. The summed E-state index contributed by atoms with van der Waals surface area (Å²) in [5, 5.41) is 9.25. The largest absolute Gasteiger partial charge is 0.469 e. The molecule has 0 amide bonds. The molecular formula is C10H11N3O2S. The second kappa shape index (κ2) is 5.98. The first-order valence-corrected chi connectivity index (χ1v) is 5.51. The minimum absolute atomic E-state index is 0.264. The number of carbonyl (C=O) groups excluding carboxylic acids is 1. The fraction of sp³-hybridized carbons (Fsp3) is 0.300. The molecule has 1 aromatic heterocycles. The standard InChI is InChI=1S/C10H11N3O2S/c1-15-9(14)2-3-16-10-8(12)4-7(5-11)6-13-10/h4,6H,2-3,12H2,1H3. The fourth-order valence-corrected chi connectivity index (χ4v) is 1.80. The van der Waals surface area contributed by atoms with Crippen LogP contribution in [0.4, 0.5) is 5.69 Å². The molecule has 0 atom stereocenters. The van der Waals surface area contributed by atoms with E-state index in [1.54, 1.807) is 6.07 Å². The molecule has 0 aromatic carbocycles. The van der Waals surface area contributed by atoms with Crippen molar-refractivity contribution in [2.75, 3.05) is 18.6 Å². The van der Waals surface area contributed by atoms with Crippen molar-refractivity contribution in [2.24, 2.45) is 0 Å². The van der Waals surface area contributed by atoms with Gasteiger partial charge in [0.2, 0.25) is 0 Å². The maximum Gasteiger partial charge on any atom is 0.306 e. The van der Waals surface area contributed by atoms with Gasteiger partial charge in [0.1, 0.15) is 11.1 Å². The molecule has 1 aromatic rings. The number of aromatic nitrogens is 1. The van der Waals surface area contributed by atoms with Crippen molar-refractivity contribution in [3.05, 3.63) is 17.8 Å². The zero-order chi connectivity index (χ0) is 12.0. The van der Waals surface area contributed by atoms with E-state index in [9.17, 15) is 4.79 Å². The highest BCUT2D eigenvalue weighted by Gasteiger charge is 2.05. The van der Waals surface area contributed by atoms with Crippen molar-refractivity contribution in [3.63, 3.8) is 0 Å². The highest BCUT2D eigenvalue weighted by atomic mass is 32.2. The molecule has 0 aliphatic carbocycles. The molecule has 16 heavy (non-hydrogen) atoms. The number of hydrogen-bond acceptors (Lipinski definition) is 6. The zero-order valence-corrected chi connectivity index (χ0v) is 9.58. The lowest BCUT2D eigenvalue weighted by atomic mass is 10.3. The topological polar surface area (TPSA) is 89.0 Å². The Labute approximate surface area is 97.6 Å². The summed E-state index contributed by atoms with van der Waals surface area (Å²) in [6.45, 7) is 0. The van der Waals surface area contributed by atoms with Crippen LogP contribution in [-0.4, -0.2) is 23.8 Å². The number of anilines is 1. The Hall–Kier alpha value is -1.74. The third kappa shape index (κ3) is 3.44. The van der Waals surface area contributed by atoms with E-state index in [0.717, 1.165) is 0 Å². The van der Waals surface area contributed by atoms with Crippen LogP contribution in [0.2, 0.25) is 0 Å². The lowest BCUT2D eigenvalue weighted by molar-refractivity contribution is -0.140. The maximum absolute atomic E-state index is 10.9. The summed E-state index contributed by atoms with van der Waals surface area (Å²) in [5.41, 5.74) is 6.57. The molecule has 0 aliphatic heterocycles. The predicted octanol–water partition coefficient (Wildman–Crippen LogP) is 1.19. The average Bonchev–Trinajstić information content (AvgIpc) is 2.30. The summed E-state index contributed by atoms with van der Waals surface area (Å²) in [4.78, 5) is 14.9. The number of nitrogens with zero attached hydrogens (tertiary/aromatic N) is 2. The van der Waals surface area contributed by atoms with Gasteiger partial charge in [-0.3, -0.25) is 4.79 Å². The van der Waals surface area contributed by atoms with Crippen LogP contribution < -0.4 is 5.73 Å². The number of ether oxygens (including phenoxy) is 1. The van der Waals surface area contributed by atoms with E-state index in [1.807, 2.05) is 6.07 Å². The van der Waals surface area contributed by atoms with Gasteiger partial charge in [0.05, 0.1) is 24.8 Å². The summed E-state index contributed by atoms with van der Waals surface area (Å²) in [6.07, 6.45) is 1.76. The molecule has 0 unspecified atom stereocenters. The van der Waals surface area contributed by atoms with Crippen LogP contribution in [0, 0.1) is 11.3 Å². The minimum Gasteiger partial charge on any atom is -0.469 e. The Morgan fingerprint density at radius 1 is 1.75 bits per heavy atom. The Morgan fingerprint density at radius 3 is 3.06 bits per heavy atom. The van der Waals surface area contributed by atoms with Crippen LogP contribution in [0.3, 0.4) is 0 Å². The van der Waals surface area contributed by atoms with E-state index in [-0.39, 0.29) is 5.97 Å². The molecule has 1 heterocycles. The van der Waals surface area contributed by atoms with Crippen LogP contribution in [-0.2, 0) is 9.53 Å². The number of nitrogen functional groups attached to an aromatic ring is 1. The number of hydrogen-bond donors (Lipinski definition) is 1. The van der Waals surface area contributed by atoms with E-state index in [4.69, 9.17) is 11.0 Å². The van der Waals surface area contributed by atoms with Crippen molar-refractivity contribution in [1.82, 2.24) is 4.98 Å². The summed E-state index contributed by atoms with van der Waals surface area (Å²) in [7, 11) is 1.35. The molecule has 6 heteroatoms. The first-order valence-electron chi connectivity index (χ1n) is 4.52. The first-order chi connectivity index (χ1) is 7.67. The van der Waals surface area contributed by atoms with Gasteiger partial charge < -0.3 is 10.5 Å². The molecule has 0 aliphatic rings. The first kappa shape index (κ1) is 12.3. The molecule has 1 rings (SSSR count). The number of carbonyl (C=O) groups is 1. The number of methoxy groups -OCH3 is 1. The number of rotatable bonds is 4. The Morgan fingerprint density at radius 2 is 2.50 bits per heavy atom. The SMILES string of the molecule is COC(=O)CCSc1ncc(C#N)cc1N. The van der Waals surface area contributed by atoms with Crippen molar-refractivity contribution < 1.29 is 9.53 Å². The summed E-state index contributed by atoms with van der Waals surface area (Å²) in [5.74, 6) is 0.287. The van der Waals surface area contributed by atoms with Crippen molar-refractivity contribution >= 4 is 23.4 Å². The molecule has 2 N–H and O–H groups in total. The monoisotopic (exact) mass is 237 g/mol. The van der Waals surface area contributed by atoms with E-state index < -0.39 is 0 Å². The smallest absolute Gasteiger partial charge is 0.306 e. The molecule has 0 fully saturated rings. The molecule has 0 spiro atoms. The van der Waals surface area contributed by atoms with Gasteiger partial charge in [-0.1, -0.05) is 0 Å². The average molecular weight is 237 g/mol. The van der Waals surface area contributed by atoms with Gasteiger partial charge in [-0.05, 0) is 6.07 Å². The van der Waals surface area contributed by atoms with Gasteiger partial charge in [-0.2, -0.15) is 5.26 Å². The molecule has 5 nitrogen and oxygen atoms in total. The van der Waals surface area contributed by atoms with E-state index in [2.05, 4.69) is 9.72 Å². The van der Waals surface area contributed by atoms with Crippen molar-refractivity contribution in [1.29, 1.82) is 5.26 Å². The molecule has 0 bridgehead atoms. The number of pyridine rings is 1. The van der Waals surface area contributed by atoms with Gasteiger partial charge in [0.25, 0.3) is 0 Å².